The number of Topliss-reactive ketones (excluding diaryl/α,β-unsaturated/α-hetero) is 2. The number of carbonyl (C=O) groups is 2. The lowest BCUT2D eigenvalue weighted by Gasteiger charge is -2.16. The second-order valence-corrected chi connectivity index (χ2v) is 8.40. The first-order chi connectivity index (χ1) is 18.7. The number of carbonyl (C=O) groups excluding carboxylic acids is 2. The van der Waals surface area contributed by atoms with E-state index in [4.69, 9.17) is 8.83 Å². The number of ketones is 2. The van der Waals surface area contributed by atoms with Crippen LogP contribution in [0.1, 0.15) is 20.7 Å². The molecule has 0 spiro atoms. The summed E-state index contributed by atoms with van der Waals surface area (Å²) >= 11 is 0. The molecule has 0 atom stereocenters. The van der Waals surface area contributed by atoms with Crippen LogP contribution >= 0.6 is 0 Å². The molecule has 38 heavy (non-hydrogen) atoms. The van der Waals surface area contributed by atoms with Crippen LogP contribution in [-0.2, 0) is 0 Å². The van der Waals surface area contributed by atoms with Gasteiger partial charge in [-0.3, -0.25) is 9.59 Å². The molecule has 0 N–H and O–H groups in total. The van der Waals surface area contributed by atoms with E-state index in [1.54, 1.807) is 12.1 Å². The number of nitrogens with zero attached hydrogens (tertiary/aromatic N) is 6. The van der Waals surface area contributed by atoms with Gasteiger partial charge >= 0.3 is 0 Å². The smallest absolute Gasteiger partial charge is 0.266 e. The van der Waals surface area contributed by atoms with Gasteiger partial charge in [0.25, 0.3) is 11.8 Å². The molecule has 6 aromatic rings. The van der Waals surface area contributed by atoms with Crippen molar-refractivity contribution in [2.45, 2.75) is 0 Å². The first-order valence-electron chi connectivity index (χ1n) is 11.6. The maximum Gasteiger partial charge on any atom is 0.266 e. The Balaban J connectivity index is 1.31. The van der Waals surface area contributed by atoms with Crippen LogP contribution in [0.3, 0.4) is 0 Å². The summed E-state index contributed by atoms with van der Waals surface area (Å²) in [4.78, 5) is 34.9. The molecule has 0 bridgehead atoms. The fraction of sp³-hybridized carbons (Fsp3) is 0. The number of aromatic nitrogens is 6. The molecule has 0 unspecified atom stereocenters. The lowest BCUT2D eigenvalue weighted by Crippen LogP contribution is -2.23. The van der Waals surface area contributed by atoms with Crippen molar-refractivity contribution < 1.29 is 18.4 Å². The summed E-state index contributed by atoms with van der Waals surface area (Å²) in [6.45, 7) is 0. The van der Waals surface area contributed by atoms with Crippen LogP contribution in [0.4, 0.5) is 0 Å². The van der Waals surface area contributed by atoms with Gasteiger partial charge in [-0.25, -0.2) is 9.97 Å². The zero-order valence-electron chi connectivity index (χ0n) is 19.4. The Morgan fingerprint density at radius 1 is 0.447 bits per heavy atom. The maximum absolute atomic E-state index is 12.8. The number of fused-ring (bicyclic) bond motifs is 3. The molecule has 10 heteroatoms. The molecule has 0 saturated carbocycles. The van der Waals surface area contributed by atoms with Crippen LogP contribution in [0.15, 0.2) is 93.8 Å². The van der Waals surface area contributed by atoms with Gasteiger partial charge in [0.05, 0.1) is 11.1 Å². The van der Waals surface area contributed by atoms with E-state index in [1.807, 2.05) is 60.7 Å². The molecule has 0 aliphatic heterocycles. The van der Waals surface area contributed by atoms with Gasteiger partial charge in [0, 0.05) is 11.1 Å². The third kappa shape index (κ3) is 3.51. The van der Waals surface area contributed by atoms with Crippen LogP contribution in [0.5, 0.6) is 0 Å². The summed E-state index contributed by atoms with van der Waals surface area (Å²) in [6.07, 6.45) is 0. The molecule has 1 aliphatic carbocycles. The topological polar surface area (TPSA) is 138 Å². The van der Waals surface area contributed by atoms with Crippen molar-refractivity contribution >= 4 is 11.6 Å². The minimum absolute atomic E-state index is 0.134. The van der Waals surface area contributed by atoms with Gasteiger partial charge < -0.3 is 8.83 Å². The lowest BCUT2D eigenvalue weighted by atomic mass is 9.90. The fourth-order valence-electron chi connectivity index (χ4n) is 4.18. The first-order valence-corrected chi connectivity index (χ1v) is 11.6. The van der Waals surface area contributed by atoms with Gasteiger partial charge in [-0.15, -0.1) is 20.4 Å². The summed E-state index contributed by atoms with van der Waals surface area (Å²) in [5, 5.41) is 16.4. The number of pyridine rings is 2. The van der Waals surface area contributed by atoms with Crippen molar-refractivity contribution in [3.8, 4) is 57.5 Å². The molecule has 0 saturated heterocycles. The Bertz CT molecular complexity index is 1720. The molecular weight excluding hydrogens is 484 g/mol. The van der Waals surface area contributed by atoms with Crippen molar-refractivity contribution in [1.29, 1.82) is 0 Å². The molecule has 4 aromatic heterocycles. The summed E-state index contributed by atoms with van der Waals surface area (Å²) in [6, 6.07) is 24.8. The van der Waals surface area contributed by atoms with E-state index < -0.39 is 11.6 Å². The second kappa shape index (κ2) is 8.49. The highest BCUT2D eigenvalue weighted by Crippen LogP contribution is 2.35. The predicted molar refractivity (Wildman–Crippen MR) is 134 cm³/mol. The highest BCUT2D eigenvalue weighted by atomic mass is 16.4. The quantitative estimate of drug-likeness (QED) is 0.307. The van der Waals surface area contributed by atoms with E-state index >= 15 is 0 Å². The van der Waals surface area contributed by atoms with E-state index in [9.17, 15) is 9.59 Å². The van der Waals surface area contributed by atoms with E-state index in [1.165, 1.54) is 12.1 Å². The summed E-state index contributed by atoms with van der Waals surface area (Å²) < 4.78 is 11.7. The number of benzene rings is 2. The van der Waals surface area contributed by atoms with E-state index in [0.29, 0.717) is 23.2 Å². The van der Waals surface area contributed by atoms with E-state index in [-0.39, 0.29) is 34.3 Å². The van der Waals surface area contributed by atoms with Gasteiger partial charge in [-0.05, 0) is 48.5 Å². The van der Waals surface area contributed by atoms with Crippen LogP contribution < -0.4 is 0 Å². The van der Waals surface area contributed by atoms with Gasteiger partial charge in [0.15, 0.2) is 0 Å². The normalized spacial score (nSPS) is 12.3. The maximum atomic E-state index is 12.8. The number of rotatable bonds is 4. The van der Waals surface area contributed by atoms with Crippen LogP contribution in [0, 0.1) is 0 Å². The Morgan fingerprint density at radius 2 is 0.842 bits per heavy atom. The number of hydrogen-bond donors (Lipinski definition) is 0. The molecule has 0 amide bonds. The second-order valence-electron chi connectivity index (χ2n) is 8.40. The van der Waals surface area contributed by atoms with Crippen LogP contribution in [0.25, 0.3) is 57.5 Å². The lowest BCUT2D eigenvalue weighted by molar-refractivity contribution is 0.0814. The molecule has 10 nitrogen and oxygen atoms in total. The van der Waals surface area contributed by atoms with Gasteiger partial charge in [-0.1, -0.05) is 36.4 Å². The molecule has 2 aromatic carbocycles. The van der Waals surface area contributed by atoms with Crippen LogP contribution in [-0.4, -0.2) is 41.9 Å². The Kier molecular flexibility index (Phi) is 4.83. The zero-order chi connectivity index (χ0) is 25.6. The van der Waals surface area contributed by atoms with Crippen molar-refractivity contribution in [3.05, 3.63) is 96.1 Å². The van der Waals surface area contributed by atoms with Gasteiger partial charge in [-0.2, -0.15) is 0 Å². The highest BCUT2D eigenvalue weighted by Gasteiger charge is 2.34. The van der Waals surface area contributed by atoms with E-state index in [2.05, 4.69) is 30.4 Å². The van der Waals surface area contributed by atoms with Gasteiger partial charge in [0.1, 0.15) is 22.8 Å². The molecule has 180 valence electrons. The largest absolute Gasteiger partial charge is 0.415 e. The summed E-state index contributed by atoms with van der Waals surface area (Å²) in [5.41, 5.74) is 2.92. The average Bonchev–Trinajstić information content (AvgIpc) is 3.67. The van der Waals surface area contributed by atoms with Crippen LogP contribution in [0.2, 0.25) is 0 Å². The molecular formula is C28H14N6O4. The number of hydrogen-bond acceptors (Lipinski definition) is 10. The van der Waals surface area contributed by atoms with Crippen molar-refractivity contribution in [2.75, 3.05) is 0 Å². The highest BCUT2D eigenvalue weighted by molar-refractivity contribution is 6.52. The SMILES string of the molecule is O=C1C(=O)c2ccc(-c3nnc(-c4ccccc4)o3)nc2-c2nc(-c3nnc(-c4ccccc4)o3)ccc21. The standard InChI is InChI=1S/C28H14N6O4/c35-23-17-11-13-19(27-33-31-25(37-27)15-7-3-1-4-8-15)29-21(17)22-18(24(23)36)12-14-20(30-22)28-34-32-26(38-28)16-9-5-2-6-10-16/h1-14H. The Morgan fingerprint density at radius 3 is 1.26 bits per heavy atom. The van der Waals surface area contributed by atoms with Crippen molar-refractivity contribution in [2.24, 2.45) is 0 Å². The van der Waals surface area contributed by atoms with E-state index in [0.717, 1.165) is 11.1 Å². The minimum Gasteiger partial charge on any atom is -0.415 e. The first kappa shape index (κ1) is 21.6. The van der Waals surface area contributed by atoms with Crippen molar-refractivity contribution in [1.82, 2.24) is 30.4 Å². The monoisotopic (exact) mass is 498 g/mol. The zero-order valence-corrected chi connectivity index (χ0v) is 19.4. The third-order valence-electron chi connectivity index (χ3n) is 6.04. The Labute approximate surface area is 214 Å². The molecule has 1 aliphatic rings. The molecule has 0 fully saturated rings. The predicted octanol–water partition coefficient (Wildman–Crippen LogP) is 4.96. The fourth-order valence-corrected chi connectivity index (χ4v) is 4.18. The summed E-state index contributed by atoms with van der Waals surface area (Å²) in [7, 11) is 0. The Hall–Kier alpha value is -5.64. The minimum atomic E-state index is -0.666. The van der Waals surface area contributed by atoms with Gasteiger partial charge in [0.2, 0.25) is 23.3 Å². The van der Waals surface area contributed by atoms with Crippen molar-refractivity contribution in [3.63, 3.8) is 0 Å². The molecule has 4 heterocycles. The third-order valence-corrected chi connectivity index (χ3v) is 6.04. The molecule has 7 rings (SSSR count). The average molecular weight is 498 g/mol. The summed E-state index contributed by atoms with van der Waals surface area (Å²) in [5.74, 6) is -0.340. The molecule has 0 radical (unpaired) electrons.